The van der Waals surface area contributed by atoms with Crippen LogP contribution in [-0.4, -0.2) is 21.8 Å². The van der Waals surface area contributed by atoms with Crippen LogP contribution in [0.15, 0.2) is 67.0 Å². The van der Waals surface area contributed by atoms with Gasteiger partial charge < -0.3 is 10.1 Å². The van der Waals surface area contributed by atoms with Gasteiger partial charge in [0.05, 0.1) is 23.8 Å². The van der Waals surface area contributed by atoms with Gasteiger partial charge in [0.25, 0.3) is 5.91 Å². The molecule has 5 heteroatoms. The molecular formula is C19H17N3O2. The van der Waals surface area contributed by atoms with Crippen molar-refractivity contribution in [2.24, 2.45) is 0 Å². The second-order valence-corrected chi connectivity index (χ2v) is 5.86. The van der Waals surface area contributed by atoms with E-state index >= 15 is 0 Å². The number of hydrogen-bond acceptors (Lipinski definition) is 3. The van der Waals surface area contributed by atoms with Crippen LogP contribution in [0.4, 0.5) is 5.69 Å². The zero-order valence-corrected chi connectivity index (χ0v) is 13.2. The molecule has 3 aromatic rings. The van der Waals surface area contributed by atoms with E-state index in [1.807, 2.05) is 61.5 Å². The molecule has 0 saturated heterocycles. The van der Waals surface area contributed by atoms with Crippen molar-refractivity contribution in [3.63, 3.8) is 0 Å². The van der Waals surface area contributed by atoms with E-state index in [-0.39, 0.29) is 11.8 Å². The summed E-state index contributed by atoms with van der Waals surface area (Å²) in [5.41, 5.74) is 2.66. The number of nitrogens with zero attached hydrogens (tertiary/aromatic N) is 2. The van der Waals surface area contributed by atoms with Crippen LogP contribution in [0.3, 0.4) is 0 Å². The van der Waals surface area contributed by atoms with Gasteiger partial charge in [-0.15, -0.1) is 0 Å². The summed E-state index contributed by atoms with van der Waals surface area (Å²) < 4.78 is 7.53. The average Bonchev–Trinajstić information content (AvgIpc) is 3.21. The number of ether oxygens (including phenoxy) is 1. The van der Waals surface area contributed by atoms with Gasteiger partial charge in [-0.1, -0.05) is 43.3 Å². The first-order valence-corrected chi connectivity index (χ1v) is 7.89. The lowest BCUT2D eigenvalue weighted by atomic mass is 9.97. The molecule has 0 saturated carbocycles. The van der Waals surface area contributed by atoms with Crippen molar-refractivity contribution in [3.05, 3.63) is 72.6 Å². The number of para-hydroxylation sites is 2. The van der Waals surface area contributed by atoms with Gasteiger partial charge in [-0.2, -0.15) is 5.10 Å². The molecule has 0 bridgehead atoms. The van der Waals surface area contributed by atoms with E-state index in [1.54, 1.807) is 17.1 Å². The van der Waals surface area contributed by atoms with Crippen molar-refractivity contribution in [2.45, 2.75) is 18.9 Å². The third-order valence-electron chi connectivity index (χ3n) is 4.25. The smallest absolute Gasteiger partial charge is 0.266 e. The molecule has 2 aromatic carbocycles. The highest BCUT2D eigenvalue weighted by molar-refractivity contribution is 5.95. The Balaban J connectivity index is 1.49. The molecule has 0 aliphatic carbocycles. The van der Waals surface area contributed by atoms with Crippen molar-refractivity contribution in [1.82, 2.24) is 9.78 Å². The molecule has 1 aliphatic heterocycles. The summed E-state index contributed by atoms with van der Waals surface area (Å²) >= 11 is 0. The molecule has 2 heterocycles. The fraction of sp³-hybridized carbons (Fsp3) is 0.158. The Morgan fingerprint density at radius 3 is 2.67 bits per heavy atom. The molecule has 1 aromatic heterocycles. The van der Waals surface area contributed by atoms with Crippen molar-refractivity contribution in [3.8, 4) is 11.4 Å². The Labute approximate surface area is 139 Å². The van der Waals surface area contributed by atoms with E-state index in [0.717, 1.165) is 17.0 Å². The summed E-state index contributed by atoms with van der Waals surface area (Å²) in [6, 6.07) is 17.5. The zero-order chi connectivity index (χ0) is 16.5. The van der Waals surface area contributed by atoms with Gasteiger partial charge >= 0.3 is 0 Å². The highest BCUT2D eigenvalue weighted by Crippen LogP contribution is 2.37. The average molecular weight is 319 g/mol. The van der Waals surface area contributed by atoms with Gasteiger partial charge in [-0.3, -0.25) is 4.79 Å². The Morgan fingerprint density at radius 1 is 1.12 bits per heavy atom. The van der Waals surface area contributed by atoms with E-state index in [2.05, 4.69) is 10.4 Å². The summed E-state index contributed by atoms with van der Waals surface area (Å²) in [5.74, 6) is 0.641. The minimum Gasteiger partial charge on any atom is -0.480 e. The molecule has 24 heavy (non-hydrogen) atoms. The third-order valence-corrected chi connectivity index (χ3v) is 4.25. The molecule has 4 rings (SSSR count). The fourth-order valence-corrected chi connectivity index (χ4v) is 2.97. The molecule has 2 atom stereocenters. The zero-order valence-electron chi connectivity index (χ0n) is 13.2. The number of rotatable bonds is 3. The maximum Gasteiger partial charge on any atom is 0.266 e. The molecule has 0 radical (unpaired) electrons. The quantitative estimate of drug-likeness (QED) is 0.805. The number of hydrogen-bond donors (Lipinski definition) is 1. The van der Waals surface area contributed by atoms with Crippen LogP contribution in [0.1, 0.15) is 18.4 Å². The lowest BCUT2D eigenvalue weighted by molar-refractivity contribution is -0.122. The SMILES string of the molecule is CC1c2ccccc2OC1C(=O)Nc1cnn(-c2ccccc2)c1. The Bertz CT molecular complexity index is 873. The largest absolute Gasteiger partial charge is 0.480 e. The fourth-order valence-electron chi connectivity index (χ4n) is 2.97. The Hall–Kier alpha value is -3.08. The summed E-state index contributed by atoms with van der Waals surface area (Å²) in [7, 11) is 0. The number of nitrogens with one attached hydrogen (secondary N) is 1. The van der Waals surface area contributed by atoms with Crippen LogP contribution in [0.25, 0.3) is 5.69 Å². The number of fused-ring (bicyclic) bond motifs is 1. The van der Waals surface area contributed by atoms with E-state index in [1.165, 1.54) is 0 Å². The second kappa shape index (κ2) is 5.85. The molecular weight excluding hydrogens is 302 g/mol. The monoisotopic (exact) mass is 319 g/mol. The Kier molecular flexibility index (Phi) is 3.54. The number of benzene rings is 2. The highest BCUT2D eigenvalue weighted by atomic mass is 16.5. The minimum absolute atomic E-state index is 0.0189. The molecule has 1 aliphatic rings. The van der Waals surface area contributed by atoms with Crippen LogP contribution in [0, 0.1) is 0 Å². The molecule has 0 fully saturated rings. The molecule has 2 unspecified atom stereocenters. The molecule has 0 spiro atoms. The summed E-state index contributed by atoms with van der Waals surface area (Å²) in [6.45, 7) is 2.00. The molecule has 120 valence electrons. The van der Waals surface area contributed by atoms with Gasteiger partial charge in [-0.05, 0) is 18.2 Å². The predicted octanol–water partition coefficient (Wildman–Crippen LogP) is 3.38. The van der Waals surface area contributed by atoms with Gasteiger partial charge in [0.15, 0.2) is 6.10 Å². The highest BCUT2D eigenvalue weighted by Gasteiger charge is 2.36. The standard InChI is InChI=1S/C19H17N3O2/c1-13-16-9-5-6-10-17(16)24-18(13)19(23)21-14-11-20-22(12-14)15-7-3-2-4-8-15/h2-13,18H,1H3,(H,21,23). The summed E-state index contributed by atoms with van der Waals surface area (Å²) in [5, 5.41) is 7.18. The van der Waals surface area contributed by atoms with Gasteiger partial charge in [-0.25, -0.2) is 4.68 Å². The topological polar surface area (TPSA) is 56.1 Å². The van der Waals surface area contributed by atoms with Crippen LogP contribution in [0.2, 0.25) is 0 Å². The lowest BCUT2D eigenvalue weighted by Gasteiger charge is -2.14. The second-order valence-electron chi connectivity index (χ2n) is 5.86. The van der Waals surface area contributed by atoms with Crippen molar-refractivity contribution in [1.29, 1.82) is 0 Å². The first-order valence-electron chi connectivity index (χ1n) is 7.89. The summed E-state index contributed by atoms with van der Waals surface area (Å²) in [4.78, 5) is 12.6. The Morgan fingerprint density at radius 2 is 1.88 bits per heavy atom. The van der Waals surface area contributed by atoms with Crippen LogP contribution in [-0.2, 0) is 4.79 Å². The van der Waals surface area contributed by atoms with Crippen molar-refractivity contribution >= 4 is 11.6 Å². The molecule has 1 N–H and O–H groups in total. The van der Waals surface area contributed by atoms with E-state index in [0.29, 0.717) is 5.69 Å². The number of anilines is 1. The van der Waals surface area contributed by atoms with Crippen LogP contribution >= 0.6 is 0 Å². The normalized spacial score (nSPS) is 18.7. The first-order chi connectivity index (χ1) is 11.7. The molecule has 1 amide bonds. The van der Waals surface area contributed by atoms with Gasteiger partial charge in [0.2, 0.25) is 0 Å². The van der Waals surface area contributed by atoms with E-state index in [9.17, 15) is 4.79 Å². The molecule has 5 nitrogen and oxygen atoms in total. The van der Waals surface area contributed by atoms with Crippen molar-refractivity contribution in [2.75, 3.05) is 5.32 Å². The van der Waals surface area contributed by atoms with Crippen molar-refractivity contribution < 1.29 is 9.53 Å². The lowest BCUT2D eigenvalue weighted by Crippen LogP contribution is -2.33. The van der Waals surface area contributed by atoms with Gasteiger partial charge in [0, 0.05) is 11.5 Å². The minimum atomic E-state index is -0.525. The number of amides is 1. The third kappa shape index (κ3) is 2.54. The number of aromatic nitrogens is 2. The van der Waals surface area contributed by atoms with Crippen LogP contribution in [0.5, 0.6) is 5.75 Å². The summed E-state index contributed by atoms with van der Waals surface area (Å²) in [6.07, 6.45) is 2.90. The van der Waals surface area contributed by atoms with Crippen LogP contribution < -0.4 is 10.1 Å². The maximum absolute atomic E-state index is 12.6. The predicted molar refractivity (Wildman–Crippen MR) is 91.5 cm³/mol. The maximum atomic E-state index is 12.6. The number of carbonyl (C=O) groups excluding carboxylic acids is 1. The van der Waals surface area contributed by atoms with E-state index in [4.69, 9.17) is 4.74 Å². The van der Waals surface area contributed by atoms with E-state index < -0.39 is 6.10 Å². The van der Waals surface area contributed by atoms with Gasteiger partial charge in [0.1, 0.15) is 5.75 Å². The number of carbonyl (C=O) groups is 1. The first kappa shape index (κ1) is 14.5.